The van der Waals surface area contributed by atoms with Gasteiger partial charge in [0.1, 0.15) is 5.76 Å². The molecule has 1 aromatic carbocycles. The van der Waals surface area contributed by atoms with Crippen molar-refractivity contribution in [1.82, 2.24) is 9.62 Å². The number of likely N-dealkylation sites (N-methyl/N-ethyl adjacent to an activating group) is 1. The Morgan fingerprint density at radius 3 is 2.46 bits per heavy atom. The van der Waals surface area contributed by atoms with E-state index in [1.54, 1.807) is 18.4 Å². The quantitative estimate of drug-likeness (QED) is 0.723. The van der Waals surface area contributed by atoms with Crippen LogP contribution in [0.3, 0.4) is 0 Å². The number of benzene rings is 1. The lowest BCUT2D eigenvalue weighted by Crippen LogP contribution is -2.37. The average Bonchev–Trinajstić information content (AvgIpc) is 3.15. The smallest absolute Gasteiger partial charge is 0.240 e. The third kappa shape index (κ3) is 4.57. The molecule has 1 fully saturated rings. The van der Waals surface area contributed by atoms with Gasteiger partial charge in [0, 0.05) is 13.1 Å². The first-order valence-corrected chi connectivity index (χ1v) is 12.1. The Hall–Kier alpha value is -1.88. The van der Waals surface area contributed by atoms with E-state index in [9.17, 15) is 16.8 Å². The van der Waals surface area contributed by atoms with Gasteiger partial charge in [-0.1, -0.05) is 0 Å². The van der Waals surface area contributed by atoms with Gasteiger partial charge < -0.3 is 4.42 Å². The second-order valence-electron chi connectivity index (χ2n) is 6.94. The highest BCUT2D eigenvalue weighted by Gasteiger charge is 2.27. The maximum Gasteiger partial charge on any atom is 0.240 e. The SMILES string of the molecule is CN(C)[C@H](CNS(=O)(=O)c1ccc(N2CCCCS2(=O)=O)cc1)c1ccco1. The molecule has 1 atom stereocenters. The molecule has 1 aliphatic rings. The molecule has 154 valence electrons. The van der Waals surface area contributed by atoms with Crippen molar-refractivity contribution < 1.29 is 21.3 Å². The molecule has 1 saturated heterocycles. The number of anilines is 1. The van der Waals surface area contributed by atoms with Gasteiger partial charge in [0.15, 0.2) is 0 Å². The predicted molar refractivity (Wildman–Crippen MR) is 107 cm³/mol. The molecule has 3 rings (SSSR count). The highest BCUT2D eigenvalue weighted by atomic mass is 32.2. The summed E-state index contributed by atoms with van der Waals surface area (Å²) in [5.74, 6) is 0.784. The van der Waals surface area contributed by atoms with E-state index in [0.717, 1.165) is 6.42 Å². The van der Waals surface area contributed by atoms with E-state index in [1.165, 1.54) is 28.6 Å². The minimum atomic E-state index is -3.74. The summed E-state index contributed by atoms with van der Waals surface area (Å²) in [6.07, 6.45) is 2.99. The Morgan fingerprint density at radius 2 is 1.89 bits per heavy atom. The molecule has 1 aromatic heterocycles. The highest BCUT2D eigenvalue weighted by molar-refractivity contribution is 7.92. The summed E-state index contributed by atoms with van der Waals surface area (Å²) in [4.78, 5) is 1.95. The maximum absolute atomic E-state index is 12.7. The fourth-order valence-corrected chi connectivity index (χ4v) is 5.84. The van der Waals surface area contributed by atoms with Gasteiger partial charge in [-0.15, -0.1) is 0 Å². The molecule has 28 heavy (non-hydrogen) atoms. The number of nitrogens with one attached hydrogen (secondary N) is 1. The number of rotatable bonds is 7. The topological polar surface area (TPSA) is 99.9 Å². The van der Waals surface area contributed by atoms with Crippen molar-refractivity contribution in [3.8, 4) is 0 Å². The molecule has 2 heterocycles. The van der Waals surface area contributed by atoms with Gasteiger partial charge in [-0.25, -0.2) is 21.6 Å². The normalized spacial score (nSPS) is 18.3. The molecule has 0 radical (unpaired) electrons. The fourth-order valence-electron chi connectivity index (χ4n) is 3.16. The summed E-state index contributed by atoms with van der Waals surface area (Å²) in [5.41, 5.74) is 0.486. The minimum absolute atomic E-state index is 0.0857. The summed E-state index contributed by atoms with van der Waals surface area (Å²) >= 11 is 0. The first-order valence-electron chi connectivity index (χ1n) is 9.01. The van der Waals surface area contributed by atoms with E-state index in [0.29, 0.717) is 24.4 Å². The Kier molecular flexibility index (Phi) is 6.13. The maximum atomic E-state index is 12.7. The third-order valence-corrected chi connectivity index (χ3v) is 8.05. The molecule has 0 aliphatic carbocycles. The van der Waals surface area contributed by atoms with Gasteiger partial charge in [0.2, 0.25) is 20.0 Å². The molecule has 1 aliphatic heterocycles. The van der Waals surface area contributed by atoms with Crippen molar-refractivity contribution in [3.05, 3.63) is 48.4 Å². The summed E-state index contributed by atoms with van der Waals surface area (Å²) in [6.45, 7) is 0.561. The predicted octanol–water partition coefficient (Wildman–Crippen LogP) is 1.79. The van der Waals surface area contributed by atoms with Crippen LogP contribution < -0.4 is 9.03 Å². The van der Waals surface area contributed by atoms with Crippen molar-refractivity contribution in [3.63, 3.8) is 0 Å². The van der Waals surface area contributed by atoms with E-state index < -0.39 is 20.0 Å². The zero-order valence-electron chi connectivity index (χ0n) is 15.9. The van der Waals surface area contributed by atoms with Crippen LogP contribution in [0.4, 0.5) is 5.69 Å². The summed E-state index contributed by atoms with van der Waals surface area (Å²) < 4.78 is 59.0. The molecule has 0 unspecified atom stereocenters. The lowest BCUT2D eigenvalue weighted by Gasteiger charge is -2.28. The Balaban J connectivity index is 1.73. The largest absolute Gasteiger partial charge is 0.468 e. The molecule has 0 amide bonds. The average molecular weight is 428 g/mol. The number of hydrogen-bond acceptors (Lipinski definition) is 6. The zero-order chi connectivity index (χ0) is 20.4. The van der Waals surface area contributed by atoms with Gasteiger partial charge >= 0.3 is 0 Å². The summed E-state index contributed by atoms with van der Waals surface area (Å²) in [5, 5.41) is 0. The van der Waals surface area contributed by atoms with Crippen LogP contribution in [0.25, 0.3) is 0 Å². The van der Waals surface area contributed by atoms with Crippen molar-refractivity contribution in [2.45, 2.75) is 23.8 Å². The van der Waals surface area contributed by atoms with Crippen molar-refractivity contribution in [2.75, 3.05) is 37.2 Å². The second kappa shape index (κ2) is 8.24. The Morgan fingerprint density at radius 1 is 1.18 bits per heavy atom. The van der Waals surface area contributed by atoms with Gasteiger partial charge in [-0.05, 0) is 63.3 Å². The van der Waals surface area contributed by atoms with Crippen molar-refractivity contribution >= 4 is 25.7 Å². The van der Waals surface area contributed by atoms with E-state index in [2.05, 4.69) is 4.72 Å². The molecular weight excluding hydrogens is 402 g/mol. The number of hydrogen-bond donors (Lipinski definition) is 1. The van der Waals surface area contributed by atoms with E-state index in [-0.39, 0.29) is 23.2 Å². The first-order chi connectivity index (χ1) is 13.2. The van der Waals surface area contributed by atoms with Crippen molar-refractivity contribution in [2.24, 2.45) is 0 Å². The lowest BCUT2D eigenvalue weighted by molar-refractivity contribution is 0.259. The first kappa shape index (κ1) is 20.8. The Labute approximate surface area is 166 Å². The molecule has 0 bridgehead atoms. The van der Waals surface area contributed by atoms with Gasteiger partial charge in [0.05, 0.1) is 28.6 Å². The molecule has 0 saturated carbocycles. The number of nitrogens with zero attached hydrogens (tertiary/aromatic N) is 2. The molecule has 2 aromatic rings. The van der Waals surface area contributed by atoms with Crippen LogP contribution in [0.5, 0.6) is 0 Å². The lowest BCUT2D eigenvalue weighted by atomic mass is 10.2. The minimum Gasteiger partial charge on any atom is -0.468 e. The Bertz CT molecular complexity index is 984. The van der Waals surface area contributed by atoms with E-state index >= 15 is 0 Å². The van der Waals surface area contributed by atoms with Gasteiger partial charge in [-0.3, -0.25) is 9.21 Å². The monoisotopic (exact) mass is 427 g/mol. The number of sulfonamides is 2. The summed E-state index contributed by atoms with van der Waals surface area (Å²) in [7, 11) is -3.39. The van der Waals surface area contributed by atoms with Crippen LogP contribution in [-0.4, -0.2) is 54.7 Å². The number of furan rings is 1. The molecule has 8 nitrogen and oxygen atoms in total. The molecule has 1 N–H and O–H groups in total. The van der Waals surface area contributed by atoms with Crippen LogP contribution in [-0.2, 0) is 20.0 Å². The second-order valence-corrected chi connectivity index (χ2v) is 10.7. The van der Waals surface area contributed by atoms with E-state index in [1.807, 2.05) is 19.0 Å². The van der Waals surface area contributed by atoms with Crippen LogP contribution in [0.1, 0.15) is 24.6 Å². The highest BCUT2D eigenvalue weighted by Crippen LogP contribution is 2.25. The van der Waals surface area contributed by atoms with E-state index in [4.69, 9.17) is 4.42 Å². The van der Waals surface area contributed by atoms with Crippen molar-refractivity contribution in [1.29, 1.82) is 0 Å². The third-order valence-electron chi connectivity index (χ3n) is 4.75. The molecule has 10 heteroatoms. The van der Waals surface area contributed by atoms with Gasteiger partial charge in [-0.2, -0.15) is 0 Å². The molecule has 0 spiro atoms. The van der Waals surface area contributed by atoms with Crippen LogP contribution in [0, 0.1) is 0 Å². The van der Waals surface area contributed by atoms with Gasteiger partial charge in [0.25, 0.3) is 0 Å². The van der Waals surface area contributed by atoms with Crippen LogP contribution in [0.15, 0.2) is 52.0 Å². The van der Waals surface area contributed by atoms with Crippen LogP contribution >= 0.6 is 0 Å². The van der Waals surface area contributed by atoms with Crippen LogP contribution in [0.2, 0.25) is 0 Å². The molecular formula is C18H25N3O5S2. The fraction of sp³-hybridized carbons (Fsp3) is 0.444. The standard InChI is InChI=1S/C18H25N3O5S2/c1-20(2)17(18-6-5-12-26-18)14-19-28(24,25)16-9-7-15(8-10-16)21-11-3-4-13-27(21,22)23/h5-10,12,17,19H,3-4,11,13-14H2,1-2H3/t17-/m1/s1. The summed E-state index contributed by atoms with van der Waals surface area (Å²) in [6, 6.07) is 9.24. The zero-order valence-corrected chi connectivity index (χ0v) is 17.5.